The van der Waals surface area contributed by atoms with Crippen molar-refractivity contribution >= 4 is 38.9 Å². The van der Waals surface area contributed by atoms with Gasteiger partial charge in [0.2, 0.25) is 0 Å². The molecule has 0 saturated carbocycles. The van der Waals surface area contributed by atoms with E-state index in [9.17, 15) is 4.79 Å². The fourth-order valence-electron chi connectivity index (χ4n) is 1.51. The van der Waals surface area contributed by atoms with Crippen molar-refractivity contribution in [1.29, 1.82) is 0 Å². The number of carbonyl (C=O) groups excluding carboxylic acids is 1. The lowest BCUT2D eigenvalue weighted by atomic mass is 10.2. The summed E-state index contributed by atoms with van der Waals surface area (Å²) in [7, 11) is 0. The number of halogens is 1. The van der Waals surface area contributed by atoms with Gasteiger partial charge in [0.1, 0.15) is 0 Å². The van der Waals surface area contributed by atoms with Crippen LogP contribution in [0.3, 0.4) is 0 Å². The van der Waals surface area contributed by atoms with Crippen LogP contribution in [0.15, 0.2) is 46.0 Å². The summed E-state index contributed by atoms with van der Waals surface area (Å²) in [5.41, 5.74) is 3.95. The van der Waals surface area contributed by atoms with E-state index in [2.05, 4.69) is 26.5 Å². The molecule has 0 unspecified atom stereocenters. The third-order valence-corrected chi connectivity index (χ3v) is 4.11. The quantitative estimate of drug-likeness (QED) is 0.668. The summed E-state index contributed by atoms with van der Waals surface area (Å²) in [5.74, 6) is -0.214. The number of nitrogens with zero attached hydrogens (tertiary/aromatic N) is 1. The van der Waals surface area contributed by atoms with Gasteiger partial charge in [0.25, 0.3) is 5.91 Å². The Kier molecular flexibility index (Phi) is 4.50. The van der Waals surface area contributed by atoms with E-state index >= 15 is 0 Å². The van der Waals surface area contributed by atoms with E-state index in [1.54, 1.807) is 23.5 Å². The maximum Gasteiger partial charge on any atom is 0.271 e. The molecule has 2 aromatic rings. The number of thiophene rings is 1. The highest BCUT2D eigenvalue weighted by atomic mass is 79.9. The molecule has 0 saturated heterocycles. The van der Waals surface area contributed by atoms with E-state index in [-0.39, 0.29) is 5.91 Å². The van der Waals surface area contributed by atoms with Crippen LogP contribution in [0.4, 0.5) is 0 Å². The lowest BCUT2D eigenvalue weighted by Gasteiger charge is -2.02. The monoisotopic (exact) mass is 336 g/mol. The van der Waals surface area contributed by atoms with E-state index in [0.717, 1.165) is 15.1 Å². The first-order chi connectivity index (χ1) is 9.06. The van der Waals surface area contributed by atoms with E-state index < -0.39 is 0 Å². The Balaban J connectivity index is 2.07. The predicted octanol–water partition coefficient (Wildman–Crippen LogP) is 3.97. The van der Waals surface area contributed by atoms with Crippen LogP contribution < -0.4 is 5.43 Å². The van der Waals surface area contributed by atoms with Crippen molar-refractivity contribution in [3.63, 3.8) is 0 Å². The van der Waals surface area contributed by atoms with Gasteiger partial charge >= 0.3 is 0 Å². The van der Waals surface area contributed by atoms with E-state index in [0.29, 0.717) is 5.56 Å². The molecule has 3 nitrogen and oxygen atoms in total. The number of hydrogen-bond donors (Lipinski definition) is 1. The minimum Gasteiger partial charge on any atom is -0.267 e. The van der Waals surface area contributed by atoms with E-state index in [4.69, 9.17) is 0 Å². The molecule has 2 rings (SSSR count). The molecule has 0 fully saturated rings. The van der Waals surface area contributed by atoms with Crippen LogP contribution >= 0.6 is 27.3 Å². The van der Waals surface area contributed by atoms with Crippen LogP contribution in [0.2, 0.25) is 0 Å². The maximum absolute atomic E-state index is 11.9. The topological polar surface area (TPSA) is 41.5 Å². The van der Waals surface area contributed by atoms with Gasteiger partial charge in [-0.3, -0.25) is 4.79 Å². The van der Waals surface area contributed by atoms with Gasteiger partial charge in [-0.15, -0.1) is 11.3 Å². The number of aryl methyl sites for hydroxylation is 1. The van der Waals surface area contributed by atoms with E-state index in [1.165, 1.54) is 4.88 Å². The summed E-state index contributed by atoms with van der Waals surface area (Å²) < 4.78 is 0.870. The zero-order valence-corrected chi connectivity index (χ0v) is 13.0. The zero-order valence-electron chi connectivity index (χ0n) is 10.6. The first-order valence-electron chi connectivity index (χ1n) is 5.73. The Morgan fingerprint density at radius 3 is 2.74 bits per heavy atom. The average Bonchev–Trinajstić information content (AvgIpc) is 2.82. The summed E-state index contributed by atoms with van der Waals surface area (Å²) >= 11 is 4.99. The highest BCUT2D eigenvalue weighted by Gasteiger charge is 2.06. The number of hydrazone groups is 1. The predicted molar refractivity (Wildman–Crippen MR) is 82.9 cm³/mol. The van der Waals surface area contributed by atoms with Crippen molar-refractivity contribution in [3.8, 4) is 0 Å². The summed E-state index contributed by atoms with van der Waals surface area (Å²) in [6.45, 7) is 3.92. The first kappa shape index (κ1) is 14.0. The number of hydrogen-bond acceptors (Lipinski definition) is 3. The van der Waals surface area contributed by atoms with Crippen molar-refractivity contribution in [2.24, 2.45) is 5.10 Å². The molecule has 19 heavy (non-hydrogen) atoms. The largest absolute Gasteiger partial charge is 0.271 e. The maximum atomic E-state index is 11.9. The molecule has 1 heterocycles. The fourth-order valence-corrected chi connectivity index (χ4v) is 2.72. The lowest BCUT2D eigenvalue weighted by molar-refractivity contribution is 0.0955. The van der Waals surface area contributed by atoms with Crippen LogP contribution in [0.25, 0.3) is 0 Å². The fraction of sp³-hybridized carbons (Fsp3) is 0.143. The Labute approximate surface area is 124 Å². The molecule has 0 aliphatic carbocycles. The molecule has 0 atom stereocenters. The second-order valence-electron chi connectivity index (χ2n) is 4.06. The van der Waals surface area contributed by atoms with Gasteiger partial charge < -0.3 is 0 Å². The summed E-state index contributed by atoms with van der Waals surface area (Å²) in [5, 5.41) is 4.13. The second kappa shape index (κ2) is 6.12. The highest BCUT2D eigenvalue weighted by Crippen LogP contribution is 2.16. The Hall–Kier alpha value is -1.46. The van der Waals surface area contributed by atoms with Crippen molar-refractivity contribution in [2.75, 3.05) is 0 Å². The van der Waals surface area contributed by atoms with Crippen molar-refractivity contribution < 1.29 is 4.79 Å². The van der Waals surface area contributed by atoms with Gasteiger partial charge in [-0.05, 0) is 44.2 Å². The van der Waals surface area contributed by atoms with Gasteiger partial charge in [0, 0.05) is 14.9 Å². The summed E-state index contributed by atoms with van der Waals surface area (Å²) in [4.78, 5) is 14.2. The molecule has 1 aromatic heterocycles. The van der Waals surface area contributed by atoms with Gasteiger partial charge in [0.05, 0.1) is 10.6 Å². The Morgan fingerprint density at radius 1 is 1.32 bits per heavy atom. The molecule has 1 aromatic carbocycles. The van der Waals surface area contributed by atoms with Crippen LogP contribution in [0.5, 0.6) is 0 Å². The smallest absolute Gasteiger partial charge is 0.267 e. The van der Waals surface area contributed by atoms with Gasteiger partial charge in [-0.25, -0.2) is 5.43 Å². The Morgan fingerprint density at radius 2 is 2.11 bits per heavy atom. The molecule has 0 bridgehead atoms. The molecule has 0 spiro atoms. The zero-order chi connectivity index (χ0) is 13.8. The van der Waals surface area contributed by atoms with Crippen LogP contribution in [-0.2, 0) is 0 Å². The van der Waals surface area contributed by atoms with Crippen molar-refractivity contribution in [2.45, 2.75) is 13.8 Å². The summed E-state index contributed by atoms with van der Waals surface area (Å²) in [6.07, 6.45) is 0. The number of nitrogens with one attached hydrogen (secondary N) is 1. The lowest BCUT2D eigenvalue weighted by Crippen LogP contribution is -2.19. The number of benzene rings is 1. The van der Waals surface area contributed by atoms with Crippen LogP contribution in [0, 0.1) is 6.92 Å². The molecular formula is C14H13BrN2OS. The number of rotatable bonds is 3. The number of amides is 1. The molecule has 0 aliphatic heterocycles. The number of carbonyl (C=O) groups is 1. The van der Waals surface area contributed by atoms with Gasteiger partial charge in [0.15, 0.2) is 0 Å². The summed E-state index contributed by atoms with van der Waals surface area (Å²) in [6, 6.07) is 11.2. The Bertz CT molecular complexity index is 634. The van der Waals surface area contributed by atoms with Crippen LogP contribution in [-0.4, -0.2) is 11.6 Å². The van der Waals surface area contributed by atoms with Crippen LogP contribution in [0.1, 0.15) is 27.0 Å². The normalized spacial score (nSPS) is 11.4. The standard InChI is InChI=1S/C14H13BrN2OS/c1-9-6-7-13(19-9)10(2)16-17-14(18)11-4-3-5-12(15)8-11/h3-8H,1-2H3,(H,17,18). The van der Waals surface area contributed by atoms with Gasteiger partial charge in [-0.2, -0.15) is 5.10 Å². The highest BCUT2D eigenvalue weighted by molar-refractivity contribution is 9.10. The first-order valence-corrected chi connectivity index (χ1v) is 7.34. The SMILES string of the molecule is CC(=NNC(=O)c1cccc(Br)c1)c1ccc(C)s1. The average molecular weight is 337 g/mol. The third-order valence-electron chi connectivity index (χ3n) is 2.51. The van der Waals surface area contributed by atoms with Crippen molar-refractivity contribution in [1.82, 2.24) is 5.43 Å². The molecular weight excluding hydrogens is 324 g/mol. The minimum atomic E-state index is -0.214. The molecule has 0 aliphatic rings. The third kappa shape index (κ3) is 3.75. The van der Waals surface area contributed by atoms with E-state index in [1.807, 2.05) is 38.1 Å². The van der Waals surface area contributed by atoms with Crippen molar-refractivity contribution in [3.05, 3.63) is 56.2 Å². The molecule has 1 N–H and O–H groups in total. The minimum absolute atomic E-state index is 0.214. The second-order valence-corrected chi connectivity index (χ2v) is 6.26. The molecule has 0 radical (unpaired) electrons. The molecule has 98 valence electrons. The molecule has 5 heteroatoms. The molecule has 1 amide bonds. The van der Waals surface area contributed by atoms with Gasteiger partial charge in [-0.1, -0.05) is 22.0 Å².